The molecule has 1 saturated heterocycles. The summed E-state index contributed by atoms with van der Waals surface area (Å²) in [6, 6.07) is 7.56. The number of pyridine rings is 2. The number of halogens is 1. The second-order valence-electron chi connectivity index (χ2n) is 7.86. The first kappa shape index (κ1) is 19.2. The summed E-state index contributed by atoms with van der Waals surface area (Å²) in [5.74, 6) is 0.865. The van der Waals surface area contributed by atoms with Crippen molar-refractivity contribution in [3.05, 3.63) is 58.7 Å². The number of fused-ring (bicyclic) bond motifs is 2. The number of rotatable bonds is 4. The summed E-state index contributed by atoms with van der Waals surface area (Å²) in [6.07, 6.45) is 6.65. The van der Waals surface area contributed by atoms with Crippen molar-refractivity contribution in [2.24, 2.45) is 5.92 Å². The number of aryl methyl sites for hydroxylation is 1. The zero-order chi connectivity index (χ0) is 20.8. The summed E-state index contributed by atoms with van der Waals surface area (Å²) in [5, 5.41) is 8.38. The maximum absolute atomic E-state index is 13.7. The van der Waals surface area contributed by atoms with Crippen molar-refractivity contribution in [3.8, 4) is 11.6 Å². The van der Waals surface area contributed by atoms with Crippen LogP contribution in [0.4, 0.5) is 0 Å². The number of aromatic nitrogens is 5. The van der Waals surface area contributed by atoms with Gasteiger partial charge in [0.05, 0.1) is 18.4 Å². The fourth-order valence-electron chi connectivity index (χ4n) is 4.61. The summed E-state index contributed by atoms with van der Waals surface area (Å²) >= 11 is 3.39. The van der Waals surface area contributed by atoms with Crippen molar-refractivity contribution in [1.82, 2.24) is 29.9 Å². The van der Waals surface area contributed by atoms with E-state index in [-0.39, 0.29) is 24.1 Å². The quantitative estimate of drug-likeness (QED) is 0.584. The molecule has 1 aliphatic heterocycles. The Morgan fingerprint density at radius 1 is 1.17 bits per heavy atom. The van der Waals surface area contributed by atoms with E-state index in [2.05, 4.69) is 43.0 Å². The summed E-state index contributed by atoms with van der Waals surface area (Å²) in [7, 11) is 0. The van der Waals surface area contributed by atoms with Gasteiger partial charge in [-0.15, -0.1) is 4.80 Å². The minimum atomic E-state index is -0.108. The van der Waals surface area contributed by atoms with Gasteiger partial charge in [-0.05, 0) is 66.7 Å². The van der Waals surface area contributed by atoms with E-state index in [0.717, 1.165) is 23.0 Å². The molecule has 0 unspecified atom stereocenters. The van der Waals surface area contributed by atoms with E-state index in [4.69, 9.17) is 4.74 Å². The van der Waals surface area contributed by atoms with Gasteiger partial charge in [0, 0.05) is 28.5 Å². The molecule has 2 bridgehead atoms. The Bertz CT molecular complexity index is 1070. The number of ether oxygens (including phenoxy) is 1. The highest BCUT2D eigenvalue weighted by atomic mass is 79.9. The summed E-state index contributed by atoms with van der Waals surface area (Å²) in [6.45, 7) is 3.99. The van der Waals surface area contributed by atoms with Gasteiger partial charge in [0.25, 0.3) is 5.91 Å². The van der Waals surface area contributed by atoms with Gasteiger partial charge < -0.3 is 9.64 Å². The van der Waals surface area contributed by atoms with Crippen LogP contribution in [0.15, 0.2) is 47.3 Å². The maximum atomic E-state index is 13.7. The van der Waals surface area contributed by atoms with Crippen LogP contribution >= 0.6 is 15.9 Å². The lowest BCUT2D eigenvalue weighted by molar-refractivity contribution is 0.0309. The van der Waals surface area contributed by atoms with Crippen LogP contribution in [0.1, 0.15) is 35.9 Å². The summed E-state index contributed by atoms with van der Waals surface area (Å²) < 4.78 is 7.08. The number of nitrogens with zero attached hydrogens (tertiary/aromatic N) is 6. The number of piperidine rings is 1. The monoisotopic (exact) mass is 468 g/mol. The van der Waals surface area contributed by atoms with Crippen LogP contribution in [0.2, 0.25) is 0 Å². The standard InChI is InChI=1S/C21H21BrN6O2/c1-12-3-5-16(28-24-7-8-25-28)20(26-12)21(29)27-13(2)14-9-17(27)18(10-14)30-19-6-4-15(22)11-23-19/h3-8,11,13-14,17-18H,9-10H2,1-2H3/t13-,14-,17+,18-/m1/s1. The molecule has 8 nitrogen and oxygen atoms in total. The van der Waals surface area contributed by atoms with Crippen molar-refractivity contribution in [1.29, 1.82) is 0 Å². The molecule has 1 amide bonds. The Balaban J connectivity index is 1.45. The van der Waals surface area contributed by atoms with Gasteiger partial charge in [0.15, 0.2) is 5.69 Å². The molecule has 2 aliphatic rings. The molecule has 0 N–H and O–H groups in total. The predicted molar refractivity (Wildman–Crippen MR) is 112 cm³/mol. The summed E-state index contributed by atoms with van der Waals surface area (Å²) in [4.78, 5) is 25.9. The van der Waals surface area contributed by atoms with Gasteiger partial charge in [-0.3, -0.25) is 4.79 Å². The molecule has 0 radical (unpaired) electrons. The van der Waals surface area contributed by atoms with Crippen LogP contribution in [-0.4, -0.2) is 54.0 Å². The molecule has 1 aliphatic carbocycles. The number of hydrogen-bond donors (Lipinski definition) is 0. The molecule has 5 rings (SSSR count). The van der Waals surface area contributed by atoms with Gasteiger partial charge in [0.2, 0.25) is 5.88 Å². The molecule has 4 atom stereocenters. The molecule has 1 saturated carbocycles. The number of likely N-dealkylation sites (tertiary alicyclic amines) is 1. The van der Waals surface area contributed by atoms with E-state index in [1.165, 1.54) is 4.80 Å². The van der Waals surface area contributed by atoms with E-state index in [9.17, 15) is 4.79 Å². The van der Waals surface area contributed by atoms with Crippen molar-refractivity contribution in [3.63, 3.8) is 0 Å². The number of amides is 1. The lowest BCUT2D eigenvalue weighted by Crippen LogP contribution is -2.51. The molecule has 0 aromatic carbocycles. The fraction of sp³-hybridized carbons (Fsp3) is 0.381. The Hall–Kier alpha value is -2.81. The van der Waals surface area contributed by atoms with Crippen molar-refractivity contribution < 1.29 is 9.53 Å². The van der Waals surface area contributed by atoms with Gasteiger partial charge in [0.1, 0.15) is 11.8 Å². The highest BCUT2D eigenvalue weighted by Gasteiger charge is 2.53. The second-order valence-corrected chi connectivity index (χ2v) is 8.78. The lowest BCUT2D eigenvalue weighted by atomic mass is 9.98. The number of carbonyl (C=O) groups excluding carboxylic acids is 1. The Morgan fingerprint density at radius 3 is 2.67 bits per heavy atom. The highest BCUT2D eigenvalue weighted by molar-refractivity contribution is 9.10. The SMILES string of the molecule is Cc1ccc(-n2nccn2)c(C(=O)N2[C@H](C)[C@H]3C[C@@H](Oc4ccc(Br)cn4)[C@@H]2C3)n1. The predicted octanol–water partition coefficient (Wildman–Crippen LogP) is 3.20. The minimum Gasteiger partial charge on any atom is -0.472 e. The lowest BCUT2D eigenvalue weighted by Gasteiger charge is -2.37. The topological polar surface area (TPSA) is 86.0 Å². The molecule has 4 heterocycles. The average molecular weight is 469 g/mol. The van der Waals surface area contributed by atoms with Crippen molar-refractivity contribution >= 4 is 21.8 Å². The van der Waals surface area contributed by atoms with Crippen LogP contribution < -0.4 is 4.74 Å². The average Bonchev–Trinajstić information content (AvgIpc) is 3.46. The molecular weight excluding hydrogens is 448 g/mol. The van der Waals surface area contributed by atoms with E-state index < -0.39 is 0 Å². The van der Waals surface area contributed by atoms with Crippen LogP contribution in [-0.2, 0) is 0 Å². The van der Waals surface area contributed by atoms with Gasteiger partial charge in [-0.25, -0.2) is 9.97 Å². The van der Waals surface area contributed by atoms with E-state index >= 15 is 0 Å². The van der Waals surface area contributed by atoms with E-state index in [0.29, 0.717) is 23.2 Å². The van der Waals surface area contributed by atoms with Gasteiger partial charge in [-0.1, -0.05) is 0 Å². The summed E-state index contributed by atoms with van der Waals surface area (Å²) in [5.41, 5.74) is 1.72. The van der Waals surface area contributed by atoms with Crippen molar-refractivity contribution in [2.75, 3.05) is 0 Å². The Labute approximate surface area is 182 Å². The number of carbonyl (C=O) groups is 1. The van der Waals surface area contributed by atoms with E-state index in [1.54, 1.807) is 18.6 Å². The first-order chi connectivity index (χ1) is 14.5. The van der Waals surface area contributed by atoms with Gasteiger partial charge >= 0.3 is 0 Å². The Morgan fingerprint density at radius 2 is 1.97 bits per heavy atom. The van der Waals surface area contributed by atoms with Crippen LogP contribution in [0.5, 0.6) is 5.88 Å². The third-order valence-electron chi connectivity index (χ3n) is 6.04. The molecule has 9 heteroatoms. The second kappa shape index (κ2) is 7.46. The molecule has 0 spiro atoms. The van der Waals surface area contributed by atoms with Crippen LogP contribution in [0.3, 0.4) is 0 Å². The Kier molecular flexibility index (Phi) is 4.77. The fourth-order valence-corrected chi connectivity index (χ4v) is 4.84. The van der Waals surface area contributed by atoms with Gasteiger partial charge in [-0.2, -0.15) is 10.2 Å². The first-order valence-corrected chi connectivity index (χ1v) is 10.8. The first-order valence-electron chi connectivity index (χ1n) is 9.96. The third kappa shape index (κ3) is 3.27. The molecule has 3 aromatic rings. The molecule has 3 aromatic heterocycles. The zero-order valence-corrected chi connectivity index (χ0v) is 18.2. The molecule has 30 heavy (non-hydrogen) atoms. The zero-order valence-electron chi connectivity index (χ0n) is 16.6. The van der Waals surface area contributed by atoms with E-state index in [1.807, 2.05) is 36.1 Å². The largest absolute Gasteiger partial charge is 0.472 e. The van der Waals surface area contributed by atoms with Crippen LogP contribution in [0.25, 0.3) is 5.69 Å². The van der Waals surface area contributed by atoms with Crippen molar-refractivity contribution in [2.45, 2.75) is 44.9 Å². The highest BCUT2D eigenvalue weighted by Crippen LogP contribution is 2.44. The smallest absolute Gasteiger partial charge is 0.275 e. The molecular formula is C21H21BrN6O2. The maximum Gasteiger partial charge on any atom is 0.275 e. The normalized spacial score (nSPS) is 25.0. The number of hydrogen-bond acceptors (Lipinski definition) is 6. The minimum absolute atomic E-state index is 0.0105. The molecule has 2 fully saturated rings. The molecule has 154 valence electrons. The third-order valence-corrected chi connectivity index (χ3v) is 6.51. The van der Waals surface area contributed by atoms with Crippen LogP contribution in [0, 0.1) is 12.8 Å².